The molecule has 1 aromatic heterocycles. The number of benzene rings is 2. The maximum Gasteiger partial charge on any atom is 0.251 e. The van der Waals surface area contributed by atoms with Gasteiger partial charge in [-0.1, -0.05) is 18.2 Å². The molecule has 1 heterocycles. The number of rotatable bonds is 6. The average molecular weight is 330 g/mol. The summed E-state index contributed by atoms with van der Waals surface area (Å²) in [7, 11) is 0. The molecule has 3 aromatic rings. The summed E-state index contributed by atoms with van der Waals surface area (Å²) >= 11 is 0. The van der Waals surface area contributed by atoms with Crippen LogP contribution in [0.5, 0.6) is 5.75 Å². The van der Waals surface area contributed by atoms with Gasteiger partial charge >= 0.3 is 0 Å². The molecule has 0 aliphatic rings. The number of amides is 1. The number of aromatic nitrogens is 1. The highest BCUT2D eigenvalue weighted by Gasteiger charge is 2.07. The van der Waals surface area contributed by atoms with E-state index in [1.54, 1.807) is 12.3 Å². The molecule has 0 bridgehead atoms. The van der Waals surface area contributed by atoms with Gasteiger partial charge in [0.25, 0.3) is 5.91 Å². The van der Waals surface area contributed by atoms with Crippen molar-refractivity contribution in [2.75, 3.05) is 6.61 Å². The number of nitrogens with zero attached hydrogens (tertiary/aromatic N) is 1. The number of hydrogen-bond donors (Lipinski definition) is 1. The van der Waals surface area contributed by atoms with E-state index in [4.69, 9.17) is 11.2 Å². The molecule has 0 spiro atoms. The number of fused-ring (bicyclic) bond motifs is 1. The van der Waals surface area contributed by atoms with Crippen molar-refractivity contribution >= 4 is 16.8 Å². The van der Waals surface area contributed by atoms with Gasteiger partial charge in [0.05, 0.1) is 12.1 Å². The normalized spacial score (nSPS) is 10.2. The second-order valence-corrected chi connectivity index (χ2v) is 5.54. The van der Waals surface area contributed by atoms with Gasteiger partial charge in [0.1, 0.15) is 5.75 Å². The third-order valence-corrected chi connectivity index (χ3v) is 3.73. The first-order chi connectivity index (χ1) is 12.3. The topological polar surface area (TPSA) is 51.2 Å². The molecule has 0 unspecified atom stereocenters. The summed E-state index contributed by atoms with van der Waals surface area (Å²) in [5.74, 6) is 3.16. The van der Waals surface area contributed by atoms with Crippen LogP contribution >= 0.6 is 0 Å². The Morgan fingerprint density at radius 2 is 2.08 bits per heavy atom. The molecule has 124 valence electrons. The molecular weight excluding hydrogens is 312 g/mol. The Kier molecular flexibility index (Phi) is 5.28. The van der Waals surface area contributed by atoms with Gasteiger partial charge in [-0.25, -0.2) is 0 Å². The van der Waals surface area contributed by atoms with Gasteiger partial charge < -0.3 is 10.1 Å². The molecular formula is C21H18N2O2. The molecule has 3 rings (SSSR count). The van der Waals surface area contributed by atoms with Crippen molar-refractivity contribution in [2.24, 2.45) is 0 Å². The Morgan fingerprint density at radius 3 is 2.96 bits per heavy atom. The van der Waals surface area contributed by atoms with E-state index in [0.717, 1.165) is 22.2 Å². The fourth-order valence-corrected chi connectivity index (χ4v) is 2.47. The fraction of sp³-hybridized carbons (Fsp3) is 0.143. The lowest BCUT2D eigenvalue weighted by molar-refractivity contribution is 0.0951. The first-order valence-corrected chi connectivity index (χ1v) is 8.04. The van der Waals surface area contributed by atoms with E-state index in [9.17, 15) is 4.79 Å². The zero-order valence-corrected chi connectivity index (χ0v) is 13.7. The highest BCUT2D eigenvalue weighted by atomic mass is 16.5. The summed E-state index contributed by atoms with van der Waals surface area (Å²) in [4.78, 5) is 16.6. The lowest BCUT2D eigenvalue weighted by atomic mass is 10.1. The maximum absolute atomic E-state index is 12.4. The third kappa shape index (κ3) is 4.36. The Bertz CT molecular complexity index is 928. The van der Waals surface area contributed by atoms with Crippen LogP contribution in [0, 0.1) is 12.3 Å². The number of carbonyl (C=O) groups excluding carboxylic acids is 1. The van der Waals surface area contributed by atoms with Crippen LogP contribution in [0.2, 0.25) is 0 Å². The molecule has 0 aliphatic carbocycles. The standard InChI is InChI=1S/C21H18N2O2/c1-2-3-12-25-19-8-4-6-16(13-19)15-23-21(24)18-9-10-20-17(14-18)7-5-11-22-20/h1,4-11,13-14H,3,12,15H2,(H,23,24). The molecule has 0 saturated heterocycles. The minimum Gasteiger partial charge on any atom is -0.493 e. The van der Waals surface area contributed by atoms with Crippen LogP contribution in [0.1, 0.15) is 22.3 Å². The summed E-state index contributed by atoms with van der Waals surface area (Å²) in [6.07, 6.45) is 7.52. The first kappa shape index (κ1) is 16.5. The van der Waals surface area contributed by atoms with Gasteiger partial charge in [-0.15, -0.1) is 12.3 Å². The van der Waals surface area contributed by atoms with Crippen molar-refractivity contribution in [2.45, 2.75) is 13.0 Å². The summed E-state index contributed by atoms with van der Waals surface area (Å²) in [5.41, 5.74) is 2.45. The van der Waals surface area contributed by atoms with Crippen molar-refractivity contribution < 1.29 is 9.53 Å². The van der Waals surface area contributed by atoms with Crippen LogP contribution in [-0.2, 0) is 6.54 Å². The van der Waals surface area contributed by atoms with Crippen LogP contribution in [0.3, 0.4) is 0 Å². The summed E-state index contributed by atoms with van der Waals surface area (Å²) < 4.78 is 5.56. The number of ether oxygens (including phenoxy) is 1. The van der Waals surface area contributed by atoms with E-state index in [-0.39, 0.29) is 5.91 Å². The van der Waals surface area contributed by atoms with E-state index < -0.39 is 0 Å². The predicted molar refractivity (Wildman–Crippen MR) is 98.3 cm³/mol. The number of terminal acetylenes is 1. The summed E-state index contributed by atoms with van der Waals surface area (Å²) in [6, 6.07) is 16.9. The largest absolute Gasteiger partial charge is 0.493 e. The van der Waals surface area contributed by atoms with Crippen LogP contribution in [0.15, 0.2) is 60.8 Å². The van der Waals surface area contributed by atoms with Crippen LogP contribution in [0.4, 0.5) is 0 Å². The molecule has 0 atom stereocenters. The van der Waals surface area contributed by atoms with Gasteiger partial charge in [0, 0.05) is 30.1 Å². The molecule has 0 aliphatic heterocycles. The fourth-order valence-electron chi connectivity index (χ4n) is 2.47. The second kappa shape index (κ2) is 7.98. The number of nitrogens with one attached hydrogen (secondary N) is 1. The van der Waals surface area contributed by atoms with E-state index in [1.165, 1.54) is 0 Å². The van der Waals surface area contributed by atoms with Crippen LogP contribution in [0.25, 0.3) is 10.9 Å². The van der Waals surface area contributed by atoms with Gasteiger partial charge in [0.2, 0.25) is 0 Å². The Hall–Kier alpha value is -3.32. The van der Waals surface area contributed by atoms with E-state index in [1.807, 2.05) is 48.5 Å². The molecule has 4 nitrogen and oxygen atoms in total. The maximum atomic E-state index is 12.4. The zero-order valence-electron chi connectivity index (χ0n) is 13.7. The average Bonchev–Trinajstić information content (AvgIpc) is 2.66. The third-order valence-electron chi connectivity index (χ3n) is 3.73. The zero-order chi connectivity index (χ0) is 17.5. The summed E-state index contributed by atoms with van der Waals surface area (Å²) in [5, 5.41) is 3.87. The highest BCUT2D eigenvalue weighted by molar-refractivity contribution is 5.97. The predicted octanol–water partition coefficient (Wildman–Crippen LogP) is 3.57. The number of carbonyl (C=O) groups is 1. The SMILES string of the molecule is C#CCCOc1cccc(CNC(=O)c2ccc3ncccc3c2)c1. The van der Waals surface area contributed by atoms with Crippen LogP contribution < -0.4 is 10.1 Å². The van der Waals surface area contributed by atoms with E-state index in [0.29, 0.717) is 25.1 Å². The lowest BCUT2D eigenvalue weighted by Crippen LogP contribution is -2.22. The van der Waals surface area contributed by atoms with Crippen molar-refractivity contribution in [3.05, 3.63) is 71.9 Å². The quantitative estimate of drug-likeness (QED) is 0.555. The van der Waals surface area contributed by atoms with Crippen molar-refractivity contribution in [3.8, 4) is 18.1 Å². The molecule has 0 saturated carbocycles. The van der Waals surface area contributed by atoms with Gasteiger partial charge in [-0.2, -0.15) is 0 Å². The molecule has 0 fully saturated rings. The smallest absolute Gasteiger partial charge is 0.251 e. The Balaban J connectivity index is 1.63. The minimum absolute atomic E-state index is 0.121. The van der Waals surface area contributed by atoms with Gasteiger partial charge in [-0.05, 0) is 42.0 Å². The van der Waals surface area contributed by atoms with E-state index >= 15 is 0 Å². The Morgan fingerprint density at radius 1 is 1.16 bits per heavy atom. The first-order valence-electron chi connectivity index (χ1n) is 8.04. The van der Waals surface area contributed by atoms with E-state index in [2.05, 4.69) is 16.2 Å². The highest BCUT2D eigenvalue weighted by Crippen LogP contribution is 2.15. The molecule has 0 radical (unpaired) electrons. The Labute approximate surface area is 146 Å². The summed E-state index contributed by atoms with van der Waals surface area (Å²) in [6.45, 7) is 0.910. The second-order valence-electron chi connectivity index (χ2n) is 5.54. The van der Waals surface area contributed by atoms with Crippen molar-refractivity contribution in [3.63, 3.8) is 0 Å². The van der Waals surface area contributed by atoms with Gasteiger partial charge in [0.15, 0.2) is 0 Å². The molecule has 2 aromatic carbocycles. The molecule has 1 N–H and O–H groups in total. The van der Waals surface area contributed by atoms with Crippen molar-refractivity contribution in [1.82, 2.24) is 10.3 Å². The monoisotopic (exact) mass is 330 g/mol. The van der Waals surface area contributed by atoms with Gasteiger partial charge in [-0.3, -0.25) is 9.78 Å². The van der Waals surface area contributed by atoms with Crippen LogP contribution in [-0.4, -0.2) is 17.5 Å². The lowest BCUT2D eigenvalue weighted by Gasteiger charge is -2.09. The number of pyridine rings is 1. The molecule has 25 heavy (non-hydrogen) atoms. The number of hydrogen-bond acceptors (Lipinski definition) is 3. The molecule has 4 heteroatoms. The van der Waals surface area contributed by atoms with Crippen molar-refractivity contribution in [1.29, 1.82) is 0 Å². The minimum atomic E-state index is -0.121. The molecule has 1 amide bonds.